The number of nitro groups is 1. The number of non-ortho nitro benzene ring substituents is 1. The topological polar surface area (TPSA) is 152 Å². The minimum atomic E-state index is -0.670. The third-order valence-corrected chi connectivity index (χ3v) is 4.64. The van der Waals surface area contributed by atoms with Crippen molar-refractivity contribution in [2.75, 3.05) is 12.9 Å². The molecule has 0 atom stereocenters. The summed E-state index contributed by atoms with van der Waals surface area (Å²) >= 11 is 1.07. The number of hydrogen-bond acceptors (Lipinski definition) is 8. The lowest BCUT2D eigenvalue weighted by Gasteiger charge is -2.06. The first-order chi connectivity index (χ1) is 14.5. The van der Waals surface area contributed by atoms with Crippen LogP contribution < -0.4 is 15.6 Å². The van der Waals surface area contributed by atoms with Gasteiger partial charge in [-0.2, -0.15) is 0 Å². The van der Waals surface area contributed by atoms with Gasteiger partial charge in [-0.15, -0.1) is 5.10 Å². The van der Waals surface area contributed by atoms with Gasteiger partial charge in [-0.05, 0) is 30.3 Å². The van der Waals surface area contributed by atoms with Crippen LogP contribution in [0.4, 0.5) is 5.69 Å². The summed E-state index contributed by atoms with van der Waals surface area (Å²) in [5, 5.41) is 18.0. The lowest BCUT2D eigenvalue weighted by atomic mass is 10.2. The third-order valence-electron chi connectivity index (χ3n) is 3.80. The number of aromatic nitrogens is 3. The molecule has 0 unspecified atom stereocenters. The number of carbonyl (C=O) groups excluding carboxylic acids is 2. The number of methoxy groups -OCH3 is 1. The molecule has 12 heteroatoms. The summed E-state index contributed by atoms with van der Waals surface area (Å²) in [5.41, 5.74) is 5.09. The average molecular weight is 428 g/mol. The van der Waals surface area contributed by atoms with Gasteiger partial charge in [0.15, 0.2) is 5.82 Å². The maximum atomic E-state index is 12.0. The Hall–Kier alpha value is -3.93. The van der Waals surface area contributed by atoms with E-state index < -0.39 is 16.7 Å². The number of amides is 2. The standard InChI is InChI=1S/C18H16N6O5S/c1-29-14-7-5-11(6-8-14)16-19-18(23-21-16)30-10-15(25)20-22-17(26)12-3-2-4-13(9-12)24(27)28/h2-9H,10H2,1H3,(H,20,25)(H,22,26)(H,19,21,23). The van der Waals surface area contributed by atoms with E-state index in [4.69, 9.17) is 4.74 Å². The Kier molecular flexibility index (Phi) is 6.60. The van der Waals surface area contributed by atoms with Crippen LogP contribution in [0.3, 0.4) is 0 Å². The van der Waals surface area contributed by atoms with Crippen LogP contribution in [0.2, 0.25) is 0 Å². The zero-order chi connectivity index (χ0) is 21.5. The second-order valence-electron chi connectivity index (χ2n) is 5.79. The molecule has 0 saturated heterocycles. The molecule has 0 aliphatic rings. The Morgan fingerprint density at radius 2 is 1.97 bits per heavy atom. The molecule has 0 aliphatic carbocycles. The van der Waals surface area contributed by atoms with Gasteiger partial charge >= 0.3 is 0 Å². The Labute approximate surface area is 174 Å². The number of aromatic amines is 1. The highest BCUT2D eigenvalue weighted by Gasteiger charge is 2.13. The number of hydrazine groups is 1. The summed E-state index contributed by atoms with van der Waals surface area (Å²) in [6, 6.07) is 12.4. The molecule has 1 aromatic heterocycles. The highest BCUT2D eigenvalue weighted by atomic mass is 32.2. The van der Waals surface area contributed by atoms with Gasteiger partial charge < -0.3 is 4.74 Å². The van der Waals surface area contributed by atoms with E-state index in [2.05, 4.69) is 26.0 Å². The van der Waals surface area contributed by atoms with Crippen molar-refractivity contribution < 1.29 is 19.2 Å². The predicted molar refractivity (Wildman–Crippen MR) is 108 cm³/mol. The molecule has 0 radical (unpaired) electrons. The monoisotopic (exact) mass is 428 g/mol. The summed E-state index contributed by atoms with van der Waals surface area (Å²) < 4.78 is 5.10. The summed E-state index contributed by atoms with van der Waals surface area (Å²) in [6.45, 7) is 0. The summed E-state index contributed by atoms with van der Waals surface area (Å²) in [6.07, 6.45) is 0. The first kappa shape index (κ1) is 20.8. The summed E-state index contributed by atoms with van der Waals surface area (Å²) in [4.78, 5) is 38.4. The molecule has 2 amide bonds. The maximum absolute atomic E-state index is 12.0. The first-order valence-electron chi connectivity index (χ1n) is 8.49. The molecular weight excluding hydrogens is 412 g/mol. The average Bonchev–Trinajstić information content (AvgIpc) is 3.25. The van der Waals surface area contributed by atoms with Crippen molar-refractivity contribution in [3.05, 3.63) is 64.2 Å². The van der Waals surface area contributed by atoms with E-state index in [1.165, 1.54) is 18.2 Å². The van der Waals surface area contributed by atoms with E-state index >= 15 is 0 Å². The van der Waals surface area contributed by atoms with Crippen LogP contribution in [-0.4, -0.2) is 44.8 Å². The quantitative estimate of drug-likeness (QED) is 0.293. The number of nitro benzene ring substituents is 1. The summed E-state index contributed by atoms with van der Waals surface area (Å²) in [7, 11) is 1.58. The third kappa shape index (κ3) is 5.32. The molecule has 0 saturated carbocycles. The number of nitrogens with zero attached hydrogens (tertiary/aromatic N) is 3. The molecule has 1 heterocycles. The fourth-order valence-electron chi connectivity index (χ4n) is 2.31. The number of benzene rings is 2. The molecule has 30 heavy (non-hydrogen) atoms. The van der Waals surface area contributed by atoms with Gasteiger partial charge in [-0.25, -0.2) is 4.98 Å². The molecule has 11 nitrogen and oxygen atoms in total. The number of H-pyrrole nitrogens is 1. The van der Waals surface area contributed by atoms with E-state index in [1.807, 2.05) is 12.1 Å². The van der Waals surface area contributed by atoms with Crippen molar-refractivity contribution in [2.45, 2.75) is 5.16 Å². The minimum absolute atomic E-state index is 0.0465. The van der Waals surface area contributed by atoms with Crippen molar-refractivity contribution in [3.8, 4) is 17.1 Å². The Bertz CT molecular complexity index is 1070. The summed E-state index contributed by atoms with van der Waals surface area (Å²) in [5.74, 6) is 0.0531. The van der Waals surface area contributed by atoms with Gasteiger partial charge in [0.05, 0.1) is 17.8 Å². The number of hydrogen-bond donors (Lipinski definition) is 3. The number of ether oxygens (including phenoxy) is 1. The Morgan fingerprint density at radius 1 is 1.20 bits per heavy atom. The van der Waals surface area contributed by atoms with Crippen LogP contribution in [0, 0.1) is 10.1 Å². The van der Waals surface area contributed by atoms with Crippen molar-refractivity contribution in [1.82, 2.24) is 26.0 Å². The zero-order valence-electron chi connectivity index (χ0n) is 15.6. The van der Waals surface area contributed by atoms with Crippen LogP contribution in [0.15, 0.2) is 53.7 Å². The van der Waals surface area contributed by atoms with Gasteiger partial charge in [-0.1, -0.05) is 17.8 Å². The molecule has 154 valence electrons. The lowest BCUT2D eigenvalue weighted by molar-refractivity contribution is -0.384. The van der Waals surface area contributed by atoms with Gasteiger partial charge in [0.1, 0.15) is 5.75 Å². The van der Waals surface area contributed by atoms with Crippen molar-refractivity contribution in [2.24, 2.45) is 0 Å². The predicted octanol–water partition coefficient (Wildman–Crippen LogP) is 1.94. The molecule has 0 aliphatic heterocycles. The van der Waals surface area contributed by atoms with Crippen LogP contribution >= 0.6 is 11.8 Å². The zero-order valence-corrected chi connectivity index (χ0v) is 16.4. The highest BCUT2D eigenvalue weighted by molar-refractivity contribution is 7.99. The van der Waals surface area contributed by atoms with Crippen molar-refractivity contribution in [1.29, 1.82) is 0 Å². The normalized spacial score (nSPS) is 10.3. The van der Waals surface area contributed by atoms with E-state index in [9.17, 15) is 19.7 Å². The number of nitrogens with one attached hydrogen (secondary N) is 3. The second-order valence-corrected chi connectivity index (χ2v) is 6.74. The molecule has 0 bridgehead atoms. The molecular formula is C18H16N6O5S. The van der Waals surface area contributed by atoms with Crippen LogP contribution in [-0.2, 0) is 4.79 Å². The molecule has 0 spiro atoms. The number of carbonyl (C=O) groups is 2. The molecule has 3 N–H and O–H groups in total. The smallest absolute Gasteiger partial charge is 0.270 e. The van der Waals surface area contributed by atoms with Gasteiger partial charge in [0.2, 0.25) is 11.1 Å². The Balaban J connectivity index is 1.49. The van der Waals surface area contributed by atoms with Crippen LogP contribution in [0.1, 0.15) is 10.4 Å². The second kappa shape index (κ2) is 9.52. The van der Waals surface area contributed by atoms with Gasteiger partial charge in [-0.3, -0.25) is 35.7 Å². The van der Waals surface area contributed by atoms with Crippen LogP contribution in [0.25, 0.3) is 11.4 Å². The largest absolute Gasteiger partial charge is 0.497 e. The Morgan fingerprint density at radius 3 is 2.67 bits per heavy atom. The highest BCUT2D eigenvalue weighted by Crippen LogP contribution is 2.21. The lowest BCUT2D eigenvalue weighted by Crippen LogP contribution is -2.42. The van der Waals surface area contributed by atoms with E-state index in [-0.39, 0.29) is 17.0 Å². The van der Waals surface area contributed by atoms with E-state index in [0.29, 0.717) is 11.0 Å². The molecule has 3 rings (SSSR count). The molecule has 0 fully saturated rings. The minimum Gasteiger partial charge on any atom is -0.497 e. The van der Waals surface area contributed by atoms with E-state index in [0.717, 1.165) is 29.1 Å². The fraction of sp³-hybridized carbons (Fsp3) is 0.111. The van der Waals surface area contributed by atoms with Crippen molar-refractivity contribution >= 4 is 29.3 Å². The van der Waals surface area contributed by atoms with Gasteiger partial charge in [0, 0.05) is 23.3 Å². The number of thioether (sulfide) groups is 1. The molecule has 3 aromatic rings. The van der Waals surface area contributed by atoms with E-state index in [1.54, 1.807) is 19.2 Å². The van der Waals surface area contributed by atoms with Crippen LogP contribution in [0.5, 0.6) is 5.75 Å². The number of rotatable bonds is 7. The SMILES string of the molecule is COc1ccc(-c2nc(SCC(=O)NNC(=O)c3cccc([N+](=O)[O-])c3)n[nH]2)cc1. The fourth-order valence-corrected chi connectivity index (χ4v) is 2.91. The first-order valence-corrected chi connectivity index (χ1v) is 9.48. The molecule has 2 aromatic carbocycles. The van der Waals surface area contributed by atoms with Gasteiger partial charge in [0.25, 0.3) is 11.6 Å². The maximum Gasteiger partial charge on any atom is 0.270 e. The van der Waals surface area contributed by atoms with Crippen molar-refractivity contribution in [3.63, 3.8) is 0 Å².